The summed E-state index contributed by atoms with van der Waals surface area (Å²) in [6.07, 6.45) is 7.50. The van der Waals surface area contributed by atoms with Crippen molar-refractivity contribution in [3.05, 3.63) is 48.3 Å². The SMILES string of the molecule is CN(C(=O)c1cccc(-n2cccn2)c1)C1CCC(CO)CC1. The number of hydrogen-bond acceptors (Lipinski definition) is 3. The summed E-state index contributed by atoms with van der Waals surface area (Å²) in [5.41, 5.74) is 1.57. The fraction of sp³-hybridized carbons (Fsp3) is 0.444. The second-order valence-corrected chi connectivity index (χ2v) is 6.27. The number of aliphatic hydroxyl groups excluding tert-OH is 1. The maximum absolute atomic E-state index is 12.8. The van der Waals surface area contributed by atoms with Crippen LogP contribution in [0.1, 0.15) is 36.0 Å². The third-order valence-electron chi connectivity index (χ3n) is 4.80. The Morgan fingerprint density at radius 2 is 2.09 bits per heavy atom. The Labute approximate surface area is 136 Å². The van der Waals surface area contributed by atoms with Gasteiger partial charge in [0.05, 0.1) is 5.69 Å². The van der Waals surface area contributed by atoms with Crippen LogP contribution in [0.25, 0.3) is 5.69 Å². The van der Waals surface area contributed by atoms with Crippen molar-refractivity contribution in [2.75, 3.05) is 13.7 Å². The van der Waals surface area contributed by atoms with E-state index in [0.29, 0.717) is 11.5 Å². The van der Waals surface area contributed by atoms with Crippen molar-refractivity contribution in [3.8, 4) is 5.69 Å². The molecule has 0 bridgehead atoms. The first-order valence-corrected chi connectivity index (χ1v) is 8.17. The first kappa shape index (κ1) is 15.7. The van der Waals surface area contributed by atoms with Crippen LogP contribution in [0.15, 0.2) is 42.7 Å². The molecule has 1 amide bonds. The number of rotatable bonds is 4. The highest BCUT2D eigenvalue weighted by molar-refractivity contribution is 5.94. The number of carbonyl (C=O) groups is 1. The maximum Gasteiger partial charge on any atom is 0.253 e. The van der Waals surface area contributed by atoms with Gasteiger partial charge in [-0.2, -0.15) is 5.10 Å². The Hall–Kier alpha value is -2.14. The summed E-state index contributed by atoms with van der Waals surface area (Å²) in [5.74, 6) is 0.448. The number of benzene rings is 1. The molecule has 0 unspecified atom stereocenters. The molecule has 5 heteroatoms. The average Bonchev–Trinajstić information content (AvgIpc) is 3.15. The van der Waals surface area contributed by atoms with Gasteiger partial charge in [0, 0.05) is 37.7 Å². The van der Waals surface area contributed by atoms with Crippen LogP contribution in [-0.4, -0.2) is 45.4 Å². The quantitative estimate of drug-likeness (QED) is 0.943. The van der Waals surface area contributed by atoms with Gasteiger partial charge in [0.15, 0.2) is 0 Å². The number of aromatic nitrogens is 2. The summed E-state index contributed by atoms with van der Waals surface area (Å²) < 4.78 is 1.75. The van der Waals surface area contributed by atoms with Crippen molar-refractivity contribution in [2.45, 2.75) is 31.7 Å². The lowest BCUT2D eigenvalue weighted by Gasteiger charge is -2.34. The van der Waals surface area contributed by atoms with Crippen LogP contribution in [0, 0.1) is 5.92 Å². The number of hydrogen-bond donors (Lipinski definition) is 1. The van der Waals surface area contributed by atoms with Crippen molar-refractivity contribution in [1.82, 2.24) is 14.7 Å². The molecule has 1 fully saturated rings. The molecule has 2 aromatic rings. The molecule has 1 aromatic carbocycles. The van der Waals surface area contributed by atoms with Crippen molar-refractivity contribution in [1.29, 1.82) is 0 Å². The van der Waals surface area contributed by atoms with E-state index in [1.165, 1.54) is 0 Å². The highest BCUT2D eigenvalue weighted by Crippen LogP contribution is 2.27. The topological polar surface area (TPSA) is 58.4 Å². The van der Waals surface area contributed by atoms with Gasteiger partial charge in [-0.3, -0.25) is 4.79 Å². The van der Waals surface area contributed by atoms with Gasteiger partial charge in [-0.15, -0.1) is 0 Å². The largest absolute Gasteiger partial charge is 0.396 e. The summed E-state index contributed by atoms with van der Waals surface area (Å²) in [4.78, 5) is 14.6. The highest BCUT2D eigenvalue weighted by atomic mass is 16.3. The molecular weight excluding hydrogens is 290 g/mol. The van der Waals surface area contributed by atoms with Crippen LogP contribution in [0.2, 0.25) is 0 Å². The third kappa shape index (κ3) is 3.45. The molecule has 1 aliphatic carbocycles. The number of nitrogens with zero attached hydrogens (tertiary/aromatic N) is 3. The highest BCUT2D eigenvalue weighted by Gasteiger charge is 2.26. The van der Waals surface area contributed by atoms with Gasteiger partial charge in [-0.25, -0.2) is 4.68 Å². The van der Waals surface area contributed by atoms with Crippen molar-refractivity contribution < 1.29 is 9.90 Å². The molecule has 0 aliphatic heterocycles. The van der Waals surface area contributed by atoms with E-state index >= 15 is 0 Å². The number of aliphatic hydroxyl groups is 1. The Bertz CT molecular complexity index is 646. The van der Waals surface area contributed by atoms with Gasteiger partial charge < -0.3 is 10.0 Å². The van der Waals surface area contributed by atoms with Crippen LogP contribution in [0.4, 0.5) is 0 Å². The Morgan fingerprint density at radius 3 is 2.74 bits per heavy atom. The number of carbonyl (C=O) groups excluding carboxylic acids is 1. The second kappa shape index (κ2) is 6.96. The van der Waals surface area contributed by atoms with E-state index < -0.39 is 0 Å². The van der Waals surface area contributed by atoms with Crippen LogP contribution >= 0.6 is 0 Å². The first-order chi connectivity index (χ1) is 11.2. The zero-order valence-electron chi connectivity index (χ0n) is 13.4. The predicted molar refractivity (Wildman–Crippen MR) is 88.5 cm³/mol. The van der Waals surface area contributed by atoms with Gasteiger partial charge in [-0.1, -0.05) is 6.07 Å². The summed E-state index contributed by atoms with van der Waals surface area (Å²) in [6.45, 7) is 0.260. The first-order valence-electron chi connectivity index (χ1n) is 8.17. The molecule has 5 nitrogen and oxygen atoms in total. The molecule has 1 saturated carbocycles. The maximum atomic E-state index is 12.8. The molecule has 1 N–H and O–H groups in total. The van der Waals surface area contributed by atoms with E-state index in [9.17, 15) is 9.90 Å². The monoisotopic (exact) mass is 313 g/mol. The lowest BCUT2D eigenvalue weighted by Crippen LogP contribution is -2.39. The van der Waals surface area contributed by atoms with Crippen LogP contribution < -0.4 is 0 Å². The van der Waals surface area contributed by atoms with E-state index in [1.807, 2.05) is 48.5 Å². The van der Waals surface area contributed by atoms with Gasteiger partial charge >= 0.3 is 0 Å². The zero-order chi connectivity index (χ0) is 16.2. The molecule has 1 heterocycles. The zero-order valence-corrected chi connectivity index (χ0v) is 13.4. The third-order valence-corrected chi connectivity index (χ3v) is 4.80. The molecule has 1 aromatic heterocycles. The normalized spacial score (nSPS) is 21.1. The minimum absolute atomic E-state index is 0.0476. The summed E-state index contributed by atoms with van der Waals surface area (Å²) in [5, 5.41) is 13.4. The van der Waals surface area contributed by atoms with E-state index in [1.54, 1.807) is 10.9 Å². The lowest BCUT2D eigenvalue weighted by molar-refractivity contribution is 0.0653. The Kier molecular flexibility index (Phi) is 4.76. The molecule has 0 spiro atoms. The fourth-order valence-corrected chi connectivity index (χ4v) is 3.29. The molecule has 0 saturated heterocycles. The molecule has 23 heavy (non-hydrogen) atoms. The minimum atomic E-state index is 0.0476. The molecule has 0 atom stereocenters. The fourth-order valence-electron chi connectivity index (χ4n) is 3.29. The summed E-state index contributed by atoms with van der Waals surface area (Å²) in [6, 6.07) is 9.69. The van der Waals surface area contributed by atoms with Crippen LogP contribution in [-0.2, 0) is 0 Å². The van der Waals surface area contributed by atoms with E-state index in [2.05, 4.69) is 5.10 Å². The van der Waals surface area contributed by atoms with Crippen molar-refractivity contribution in [3.63, 3.8) is 0 Å². The minimum Gasteiger partial charge on any atom is -0.396 e. The van der Waals surface area contributed by atoms with Crippen LogP contribution in [0.5, 0.6) is 0 Å². The van der Waals surface area contributed by atoms with E-state index in [-0.39, 0.29) is 18.6 Å². The van der Waals surface area contributed by atoms with E-state index in [4.69, 9.17) is 0 Å². The molecule has 1 aliphatic rings. The Morgan fingerprint density at radius 1 is 1.30 bits per heavy atom. The second-order valence-electron chi connectivity index (χ2n) is 6.27. The van der Waals surface area contributed by atoms with Gasteiger partial charge in [0.25, 0.3) is 5.91 Å². The number of amides is 1. The Balaban J connectivity index is 1.71. The van der Waals surface area contributed by atoms with E-state index in [0.717, 1.165) is 31.4 Å². The average molecular weight is 313 g/mol. The summed E-state index contributed by atoms with van der Waals surface area (Å²) >= 11 is 0. The van der Waals surface area contributed by atoms with Crippen molar-refractivity contribution in [2.24, 2.45) is 5.92 Å². The van der Waals surface area contributed by atoms with Gasteiger partial charge in [-0.05, 0) is 55.9 Å². The van der Waals surface area contributed by atoms with Gasteiger partial charge in [0.1, 0.15) is 0 Å². The van der Waals surface area contributed by atoms with Crippen LogP contribution in [0.3, 0.4) is 0 Å². The molecule has 0 radical (unpaired) electrons. The molecule has 3 rings (SSSR count). The predicted octanol–water partition coefficient (Wildman–Crippen LogP) is 2.50. The standard InChI is InChI=1S/C18H23N3O2/c1-20(16-8-6-14(13-22)7-9-16)18(23)15-4-2-5-17(12-15)21-11-3-10-19-21/h2-5,10-12,14,16,22H,6-9,13H2,1H3. The molecular formula is C18H23N3O2. The molecule has 122 valence electrons. The van der Waals surface area contributed by atoms with Gasteiger partial charge in [0.2, 0.25) is 0 Å². The summed E-state index contributed by atoms with van der Waals surface area (Å²) in [7, 11) is 1.88. The smallest absolute Gasteiger partial charge is 0.253 e. The lowest BCUT2D eigenvalue weighted by atomic mass is 9.86. The van der Waals surface area contributed by atoms with Crippen molar-refractivity contribution >= 4 is 5.91 Å².